The van der Waals surface area contributed by atoms with Crippen molar-refractivity contribution in [3.8, 4) is 11.5 Å². The highest BCUT2D eigenvalue weighted by atomic mass is 16.5. The largest absolute Gasteiger partial charge is 0.497 e. The number of aromatic nitrogens is 1. The number of rotatable bonds is 9. The summed E-state index contributed by atoms with van der Waals surface area (Å²) >= 11 is 0. The number of nitrogens with one attached hydrogen (secondary N) is 1. The molecule has 3 aromatic rings. The molecule has 182 valence electrons. The molecule has 3 atom stereocenters. The van der Waals surface area contributed by atoms with Crippen molar-refractivity contribution in [3.05, 3.63) is 59.8 Å². The van der Waals surface area contributed by atoms with E-state index in [1.165, 1.54) is 10.9 Å². The van der Waals surface area contributed by atoms with Crippen molar-refractivity contribution >= 4 is 16.8 Å². The standard InChI is InChI=1S/C27H35N3O4/c1-18(31)26-25(29(2)17-19-13-21(33-3)15-22(14-19)34-4)10-12-30(27(26)32)11-9-20-16-28-24-8-6-5-7-23(20)24/h5-8,13-16,18,25-26,28,31H,9-12,17H2,1-4H3. The second-order valence-electron chi connectivity index (χ2n) is 9.19. The molecule has 0 radical (unpaired) electrons. The number of nitrogens with zero attached hydrogens (tertiary/aromatic N) is 2. The lowest BCUT2D eigenvalue weighted by Gasteiger charge is -2.43. The van der Waals surface area contributed by atoms with Gasteiger partial charge in [0.25, 0.3) is 0 Å². The highest BCUT2D eigenvalue weighted by molar-refractivity contribution is 5.83. The first kappa shape index (κ1) is 24.1. The quantitative estimate of drug-likeness (QED) is 0.506. The van der Waals surface area contributed by atoms with Gasteiger partial charge < -0.3 is 24.5 Å². The summed E-state index contributed by atoms with van der Waals surface area (Å²) in [7, 11) is 5.29. The molecule has 1 saturated heterocycles. The zero-order valence-electron chi connectivity index (χ0n) is 20.5. The fourth-order valence-electron chi connectivity index (χ4n) is 5.15. The zero-order valence-corrected chi connectivity index (χ0v) is 20.5. The first-order valence-corrected chi connectivity index (χ1v) is 11.8. The van der Waals surface area contributed by atoms with E-state index in [2.05, 4.69) is 22.0 Å². The van der Waals surface area contributed by atoms with Crippen molar-refractivity contribution in [2.24, 2.45) is 5.92 Å². The van der Waals surface area contributed by atoms with Gasteiger partial charge in [0.2, 0.25) is 5.91 Å². The number of ether oxygens (including phenoxy) is 2. The van der Waals surface area contributed by atoms with Crippen LogP contribution in [-0.2, 0) is 17.8 Å². The lowest BCUT2D eigenvalue weighted by molar-refractivity contribution is -0.147. The number of piperidine rings is 1. The van der Waals surface area contributed by atoms with Crippen LogP contribution in [0.25, 0.3) is 10.9 Å². The van der Waals surface area contributed by atoms with Gasteiger partial charge in [0.05, 0.1) is 26.2 Å². The minimum absolute atomic E-state index is 0.0289. The number of carbonyl (C=O) groups is 1. The number of aliphatic hydroxyl groups excluding tert-OH is 1. The zero-order chi connectivity index (χ0) is 24.2. The van der Waals surface area contributed by atoms with E-state index in [4.69, 9.17) is 9.47 Å². The smallest absolute Gasteiger partial charge is 0.229 e. The Labute approximate surface area is 201 Å². The molecule has 3 unspecified atom stereocenters. The van der Waals surface area contributed by atoms with Gasteiger partial charge in [-0.15, -0.1) is 0 Å². The molecule has 4 rings (SSSR count). The van der Waals surface area contributed by atoms with Crippen LogP contribution in [0.4, 0.5) is 0 Å². The van der Waals surface area contributed by atoms with Crippen LogP contribution in [0.2, 0.25) is 0 Å². The second kappa shape index (κ2) is 10.5. The molecular weight excluding hydrogens is 430 g/mol. The third-order valence-electron chi connectivity index (χ3n) is 6.96. The van der Waals surface area contributed by atoms with Gasteiger partial charge in [-0.3, -0.25) is 9.69 Å². The molecule has 0 spiro atoms. The van der Waals surface area contributed by atoms with Gasteiger partial charge in [0.1, 0.15) is 11.5 Å². The second-order valence-corrected chi connectivity index (χ2v) is 9.19. The number of hydrogen-bond acceptors (Lipinski definition) is 5. The van der Waals surface area contributed by atoms with E-state index in [0.717, 1.165) is 35.4 Å². The normalized spacial score (nSPS) is 19.6. The van der Waals surface area contributed by atoms with Crippen molar-refractivity contribution in [1.82, 2.24) is 14.8 Å². The number of H-pyrrole nitrogens is 1. The van der Waals surface area contributed by atoms with Crippen molar-refractivity contribution in [1.29, 1.82) is 0 Å². The Hall–Kier alpha value is -3.03. The van der Waals surface area contributed by atoms with Gasteiger partial charge in [0, 0.05) is 48.8 Å². The molecule has 7 nitrogen and oxygen atoms in total. The fourth-order valence-corrected chi connectivity index (χ4v) is 5.15. The van der Waals surface area contributed by atoms with Crippen molar-refractivity contribution in [2.45, 2.75) is 38.5 Å². The van der Waals surface area contributed by atoms with E-state index < -0.39 is 12.0 Å². The van der Waals surface area contributed by atoms with Crippen LogP contribution >= 0.6 is 0 Å². The Balaban J connectivity index is 1.44. The molecule has 1 fully saturated rings. The lowest BCUT2D eigenvalue weighted by Crippen LogP contribution is -2.56. The van der Waals surface area contributed by atoms with Crippen LogP contribution in [-0.4, -0.2) is 72.3 Å². The maximum atomic E-state index is 13.4. The number of amides is 1. The number of methoxy groups -OCH3 is 2. The maximum absolute atomic E-state index is 13.4. The summed E-state index contributed by atoms with van der Waals surface area (Å²) in [6, 6.07) is 14.0. The monoisotopic (exact) mass is 465 g/mol. The van der Waals surface area contributed by atoms with E-state index in [1.807, 2.05) is 48.5 Å². The van der Waals surface area contributed by atoms with E-state index >= 15 is 0 Å². The van der Waals surface area contributed by atoms with Crippen LogP contribution in [0.1, 0.15) is 24.5 Å². The summed E-state index contributed by atoms with van der Waals surface area (Å²) in [5.74, 6) is 1.03. The summed E-state index contributed by atoms with van der Waals surface area (Å²) < 4.78 is 10.8. The average Bonchev–Trinajstić information content (AvgIpc) is 3.25. The molecule has 0 saturated carbocycles. The summed E-state index contributed by atoms with van der Waals surface area (Å²) in [6.45, 7) is 3.68. The molecule has 1 aliphatic rings. The van der Waals surface area contributed by atoms with Gasteiger partial charge in [-0.1, -0.05) is 18.2 Å². The van der Waals surface area contributed by atoms with Gasteiger partial charge in [0.15, 0.2) is 0 Å². The number of para-hydroxylation sites is 1. The van der Waals surface area contributed by atoms with Crippen LogP contribution in [0.5, 0.6) is 11.5 Å². The number of carbonyl (C=O) groups excluding carboxylic acids is 1. The molecule has 1 aliphatic heterocycles. The van der Waals surface area contributed by atoms with Crippen LogP contribution in [0, 0.1) is 5.92 Å². The number of aliphatic hydroxyl groups is 1. The molecule has 1 amide bonds. The van der Waals surface area contributed by atoms with Gasteiger partial charge in [-0.2, -0.15) is 0 Å². The molecular formula is C27H35N3O4. The first-order valence-electron chi connectivity index (χ1n) is 11.8. The van der Waals surface area contributed by atoms with Crippen molar-refractivity contribution in [2.75, 3.05) is 34.4 Å². The molecule has 34 heavy (non-hydrogen) atoms. The molecule has 7 heteroatoms. The van der Waals surface area contributed by atoms with E-state index in [1.54, 1.807) is 21.1 Å². The van der Waals surface area contributed by atoms with Gasteiger partial charge >= 0.3 is 0 Å². The molecule has 2 heterocycles. The summed E-state index contributed by atoms with van der Waals surface area (Å²) in [6.07, 6.45) is 2.90. The summed E-state index contributed by atoms with van der Waals surface area (Å²) in [5, 5.41) is 11.8. The predicted octanol–water partition coefficient (Wildman–Crippen LogP) is 3.46. The number of benzene rings is 2. The van der Waals surface area contributed by atoms with Crippen molar-refractivity contribution < 1.29 is 19.4 Å². The van der Waals surface area contributed by atoms with Gasteiger partial charge in [-0.05, 0) is 56.1 Å². The van der Waals surface area contributed by atoms with Crippen molar-refractivity contribution in [3.63, 3.8) is 0 Å². The Morgan fingerprint density at radius 3 is 2.56 bits per heavy atom. The Morgan fingerprint density at radius 2 is 1.88 bits per heavy atom. The first-order chi connectivity index (χ1) is 16.4. The minimum Gasteiger partial charge on any atom is -0.497 e. The highest BCUT2D eigenvalue weighted by Gasteiger charge is 2.41. The minimum atomic E-state index is -0.726. The maximum Gasteiger partial charge on any atom is 0.229 e. The SMILES string of the molecule is COc1cc(CN(C)C2CCN(CCc3c[nH]c4ccccc34)C(=O)C2C(C)O)cc(OC)c1. The highest BCUT2D eigenvalue weighted by Crippen LogP contribution is 2.29. The lowest BCUT2D eigenvalue weighted by atomic mass is 9.85. The Morgan fingerprint density at radius 1 is 1.18 bits per heavy atom. The molecule has 1 aromatic heterocycles. The number of likely N-dealkylation sites (tertiary alicyclic amines) is 1. The number of hydrogen-bond donors (Lipinski definition) is 2. The van der Waals surface area contributed by atoms with Gasteiger partial charge in [-0.25, -0.2) is 0 Å². The van der Waals surface area contributed by atoms with Crippen LogP contribution in [0.3, 0.4) is 0 Å². The fraction of sp³-hybridized carbons (Fsp3) is 0.444. The van der Waals surface area contributed by atoms with Crippen LogP contribution < -0.4 is 9.47 Å². The number of aromatic amines is 1. The molecule has 0 aliphatic carbocycles. The number of fused-ring (bicyclic) bond motifs is 1. The third-order valence-corrected chi connectivity index (χ3v) is 6.96. The Kier molecular flexibility index (Phi) is 7.44. The predicted molar refractivity (Wildman–Crippen MR) is 133 cm³/mol. The van der Waals surface area contributed by atoms with E-state index in [9.17, 15) is 9.90 Å². The summed E-state index contributed by atoms with van der Waals surface area (Å²) in [4.78, 5) is 20.8. The third kappa shape index (κ3) is 5.05. The topological polar surface area (TPSA) is 78.0 Å². The Bertz CT molecular complexity index is 1100. The molecule has 0 bridgehead atoms. The van der Waals surface area contributed by atoms with E-state index in [-0.39, 0.29) is 11.9 Å². The summed E-state index contributed by atoms with van der Waals surface area (Å²) in [5.41, 5.74) is 3.36. The molecule has 2 aromatic carbocycles. The average molecular weight is 466 g/mol. The van der Waals surface area contributed by atoms with E-state index in [0.29, 0.717) is 19.6 Å². The van der Waals surface area contributed by atoms with Crippen LogP contribution in [0.15, 0.2) is 48.7 Å². The molecule has 2 N–H and O–H groups in total.